The Kier molecular flexibility index (Phi) is 3.39. The highest BCUT2D eigenvalue weighted by atomic mass is 32.1. The molecule has 1 aromatic heterocycles. The van der Waals surface area contributed by atoms with E-state index in [-0.39, 0.29) is 17.9 Å². The van der Waals surface area contributed by atoms with E-state index in [2.05, 4.69) is 0 Å². The molecule has 3 nitrogen and oxygen atoms in total. The summed E-state index contributed by atoms with van der Waals surface area (Å²) in [5, 5.41) is 3.78. The van der Waals surface area contributed by atoms with Crippen molar-refractivity contribution in [1.29, 1.82) is 0 Å². The standard InChI is InChI=1S/C12H10FNO2S/c13-10-5-9(1-2-11(10)14)12(15)16-6-8-3-4-17-7-8/h1-5,7H,6,14H2. The molecule has 0 aliphatic heterocycles. The molecule has 1 heterocycles. The molecule has 0 aliphatic carbocycles. The summed E-state index contributed by atoms with van der Waals surface area (Å²) in [6, 6.07) is 5.72. The van der Waals surface area contributed by atoms with E-state index in [9.17, 15) is 9.18 Å². The fraction of sp³-hybridized carbons (Fsp3) is 0.0833. The van der Waals surface area contributed by atoms with Crippen LogP contribution in [0.4, 0.5) is 10.1 Å². The van der Waals surface area contributed by atoms with E-state index in [1.165, 1.54) is 23.5 Å². The minimum atomic E-state index is -0.616. The highest BCUT2D eigenvalue weighted by Crippen LogP contribution is 2.14. The van der Waals surface area contributed by atoms with Gasteiger partial charge in [-0.05, 0) is 35.0 Å². The molecule has 1 aromatic carbocycles. The maximum atomic E-state index is 13.1. The fourth-order valence-electron chi connectivity index (χ4n) is 1.26. The lowest BCUT2D eigenvalue weighted by Gasteiger charge is -2.04. The molecular formula is C12H10FNO2S. The SMILES string of the molecule is Nc1ccc(C(=O)OCc2ccsc2)cc1F. The van der Waals surface area contributed by atoms with Crippen molar-refractivity contribution in [3.63, 3.8) is 0 Å². The number of hydrogen-bond donors (Lipinski definition) is 1. The van der Waals surface area contributed by atoms with Gasteiger partial charge in [-0.2, -0.15) is 11.3 Å². The molecule has 0 fully saturated rings. The molecule has 0 aliphatic rings. The van der Waals surface area contributed by atoms with Crippen molar-refractivity contribution in [2.75, 3.05) is 5.73 Å². The van der Waals surface area contributed by atoms with E-state index in [1.54, 1.807) is 0 Å². The van der Waals surface area contributed by atoms with Crippen molar-refractivity contribution >= 4 is 23.0 Å². The molecule has 0 saturated carbocycles. The first-order chi connectivity index (χ1) is 8.16. The first-order valence-electron chi connectivity index (χ1n) is 4.90. The predicted octanol–water partition coefficient (Wildman–Crippen LogP) is 2.83. The van der Waals surface area contributed by atoms with Crippen molar-refractivity contribution in [3.8, 4) is 0 Å². The number of carbonyl (C=O) groups excluding carboxylic acids is 1. The number of benzene rings is 1. The fourth-order valence-corrected chi connectivity index (χ4v) is 1.91. The Morgan fingerprint density at radius 1 is 1.41 bits per heavy atom. The molecule has 17 heavy (non-hydrogen) atoms. The molecular weight excluding hydrogens is 241 g/mol. The smallest absolute Gasteiger partial charge is 0.338 e. The summed E-state index contributed by atoms with van der Waals surface area (Å²) in [7, 11) is 0. The van der Waals surface area contributed by atoms with Crippen LogP contribution < -0.4 is 5.73 Å². The number of nitrogens with two attached hydrogens (primary N) is 1. The van der Waals surface area contributed by atoms with Crippen molar-refractivity contribution in [3.05, 3.63) is 52.0 Å². The zero-order chi connectivity index (χ0) is 12.3. The summed E-state index contributed by atoms with van der Waals surface area (Å²) in [5.41, 5.74) is 6.40. The van der Waals surface area contributed by atoms with Gasteiger partial charge in [0.05, 0.1) is 11.3 Å². The second-order valence-corrected chi connectivity index (χ2v) is 4.22. The third-order valence-corrected chi connectivity index (χ3v) is 2.92. The maximum absolute atomic E-state index is 13.1. The molecule has 0 spiro atoms. The number of halogens is 1. The van der Waals surface area contributed by atoms with Gasteiger partial charge in [-0.15, -0.1) is 0 Å². The number of carbonyl (C=O) groups is 1. The minimum absolute atomic E-state index is 0.0133. The van der Waals surface area contributed by atoms with Gasteiger partial charge in [0.15, 0.2) is 0 Å². The lowest BCUT2D eigenvalue weighted by molar-refractivity contribution is 0.0472. The van der Waals surface area contributed by atoms with E-state index in [4.69, 9.17) is 10.5 Å². The van der Waals surface area contributed by atoms with Crippen LogP contribution in [0.25, 0.3) is 0 Å². The molecule has 0 atom stereocenters. The lowest BCUT2D eigenvalue weighted by Crippen LogP contribution is -2.06. The molecule has 0 saturated heterocycles. The largest absolute Gasteiger partial charge is 0.457 e. The molecule has 2 aromatic rings. The topological polar surface area (TPSA) is 52.3 Å². The van der Waals surface area contributed by atoms with E-state index in [0.29, 0.717) is 0 Å². The van der Waals surface area contributed by atoms with Crippen LogP contribution in [0.15, 0.2) is 35.0 Å². The average molecular weight is 251 g/mol. The van der Waals surface area contributed by atoms with Crippen LogP contribution in [0.5, 0.6) is 0 Å². The zero-order valence-corrected chi connectivity index (χ0v) is 9.67. The van der Waals surface area contributed by atoms with Crippen molar-refractivity contribution < 1.29 is 13.9 Å². The molecule has 2 N–H and O–H groups in total. The van der Waals surface area contributed by atoms with Crippen molar-refractivity contribution in [2.45, 2.75) is 6.61 Å². The van der Waals surface area contributed by atoms with E-state index in [0.717, 1.165) is 11.6 Å². The lowest BCUT2D eigenvalue weighted by atomic mass is 10.2. The van der Waals surface area contributed by atoms with Crippen LogP contribution in [0.1, 0.15) is 15.9 Å². The molecule has 5 heteroatoms. The van der Waals surface area contributed by atoms with Crippen LogP contribution in [0.2, 0.25) is 0 Å². The van der Waals surface area contributed by atoms with Gasteiger partial charge in [0.25, 0.3) is 0 Å². The number of nitrogen functional groups attached to an aromatic ring is 1. The Hall–Kier alpha value is -1.88. The van der Waals surface area contributed by atoms with Crippen molar-refractivity contribution in [1.82, 2.24) is 0 Å². The van der Waals surface area contributed by atoms with Crippen molar-refractivity contribution in [2.24, 2.45) is 0 Å². The maximum Gasteiger partial charge on any atom is 0.338 e. The average Bonchev–Trinajstić information content (AvgIpc) is 2.82. The number of ether oxygens (including phenoxy) is 1. The second-order valence-electron chi connectivity index (χ2n) is 3.44. The Balaban J connectivity index is 2.02. The van der Waals surface area contributed by atoms with Crippen LogP contribution in [0.3, 0.4) is 0 Å². The molecule has 88 valence electrons. The Morgan fingerprint density at radius 2 is 2.24 bits per heavy atom. The summed E-state index contributed by atoms with van der Waals surface area (Å²) >= 11 is 1.52. The monoisotopic (exact) mass is 251 g/mol. The van der Waals surface area contributed by atoms with Crippen LogP contribution in [-0.4, -0.2) is 5.97 Å². The summed E-state index contributed by atoms with van der Waals surface area (Å²) in [4.78, 5) is 11.6. The minimum Gasteiger partial charge on any atom is -0.457 e. The molecule has 0 unspecified atom stereocenters. The summed E-state index contributed by atoms with van der Waals surface area (Å²) in [6.45, 7) is 0.189. The normalized spacial score (nSPS) is 10.2. The van der Waals surface area contributed by atoms with Crippen LogP contribution in [-0.2, 0) is 11.3 Å². The van der Waals surface area contributed by atoms with Crippen LogP contribution in [0, 0.1) is 5.82 Å². The van der Waals surface area contributed by atoms with E-state index >= 15 is 0 Å². The third-order valence-electron chi connectivity index (χ3n) is 2.19. The van der Waals surface area contributed by atoms with Gasteiger partial charge >= 0.3 is 5.97 Å². The Labute approximate surface area is 102 Å². The van der Waals surface area contributed by atoms with Gasteiger partial charge in [-0.3, -0.25) is 0 Å². The van der Waals surface area contributed by atoms with Gasteiger partial charge in [0, 0.05) is 5.56 Å². The summed E-state index contributed by atoms with van der Waals surface area (Å²) in [6.07, 6.45) is 0. The first kappa shape index (κ1) is 11.6. The van der Waals surface area contributed by atoms with Gasteiger partial charge < -0.3 is 10.5 Å². The first-order valence-corrected chi connectivity index (χ1v) is 5.84. The molecule has 0 amide bonds. The molecule has 0 radical (unpaired) electrons. The summed E-state index contributed by atoms with van der Waals surface area (Å²) < 4.78 is 18.1. The van der Waals surface area contributed by atoms with E-state index < -0.39 is 11.8 Å². The van der Waals surface area contributed by atoms with Gasteiger partial charge in [-0.25, -0.2) is 9.18 Å². The number of hydrogen-bond acceptors (Lipinski definition) is 4. The van der Waals surface area contributed by atoms with Gasteiger partial charge in [-0.1, -0.05) is 0 Å². The third kappa shape index (κ3) is 2.82. The predicted molar refractivity (Wildman–Crippen MR) is 64.3 cm³/mol. The number of anilines is 1. The number of esters is 1. The quantitative estimate of drug-likeness (QED) is 0.674. The highest BCUT2D eigenvalue weighted by molar-refractivity contribution is 7.07. The zero-order valence-electron chi connectivity index (χ0n) is 8.85. The van der Waals surface area contributed by atoms with Gasteiger partial charge in [0.2, 0.25) is 0 Å². The Morgan fingerprint density at radius 3 is 2.88 bits per heavy atom. The summed E-state index contributed by atoms with van der Waals surface area (Å²) in [5.74, 6) is -1.18. The highest BCUT2D eigenvalue weighted by Gasteiger charge is 2.10. The van der Waals surface area contributed by atoms with Gasteiger partial charge in [0.1, 0.15) is 12.4 Å². The molecule has 2 rings (SSSR count). The number of rotatable bonds is 3. The second kappa shape index (κ2) is 4.97. The van der Waals surface area contributed by atoms with Crippen LogP contribution >= 0.6 is 11.3 Å². The van der Waals surface area contributed by atoms with E-state index in [1.807, 2.05) is 16.8 Å². The number of thiophene rings is 1. The Bertz CT molecular complexity index is 525. The molecule has 0 bridgehead atoms.